The third-order valence-electron chi connectivity index (χ3n) is 2.42. The second kappa shape index (κ2) is 6.56. The number of methoxy groups -OCH3 is 1. The topological polar surface area (TPSA) is 84.9 Å². The molecule has 1 heterocycles. The van der Waals surface area contributed by atoms with Gasteiger partial charge in [0.15, 0.2) is 0 Å². The molecule has 1 aromatic heterocycles. The number of nitrogens with two attached hydrogens (primary N) is 1. The van der Waals surface area contributed by atoms with Gasteiger partial charge in [-0.05, 0) is 25.8 Å². The summed E-state index contributed by atoms with van der Waals surface area (Å²) in [6.45, 7) is 4.51. The van der Waals surface area contributed by atoms with Gasteiger partial charge in [0.05, 0.1) is 11.3 Å². The smallest absolute Gasteiger partial charge is 0.130 e. The minimum Gasteiger partial charge on any atom is -0.385 e. The molecule has 1 aromatic rings. The Balaban J connectivity index is 2.84. The van der Waals surface area contributed by atoms with Crippen molar-refractivity contribution in [2.24, 2.45) is 5.73 Å². The molecule has 94 valence electrons. The highest BCUT2D eigenvalue weighted by Crippen LogP contribution is 2.23. The molecule has 17 heavy (non-hydrogen) atoms. The highest BCUT2D eigenvalue weighted by Gasteiger charge is 2.13. The van der Waals surface area contributed by atoms with E-state index in [4.69, 9.17) is 15.9 Å². The van der Waals surface area contributed by atoms with Crippen molar-refractivity contribution in [2.45, 2.75) is 25.3 Å². The van der Waals surface area contributed by atoms with Gasteiger partial charge in [0.1, 0.15) is 10.9 Å². The Morgan fingerprint density at radius 3 is 2.71 bits per heavy atom. The van der Waals surface area contributed by atoms with Gasteiger partial charge in [-0.1, -0.05) is 0 Å². The Bertz CT molecular complexity index is 409. The van der Waals surface area contributed by atoms with Gasteiger partial charge < -0.3 is 10.5 Å². The van der Waals surface area contributed by atoms with Crippen molar-refractivity contribution < 1.29 is 4.74 Å². The zero-order chi connectivity index (χ0) is 12.8. The molecule has 0 aliphatic rings. The molecule has 0 bridgehead atoms. The van der Waals surface area contributed by atoms with E-state index in [0.717, 1.165) is 35.1 Å². The lowest BCUT2D eigenvalue weighted by Crippen LogP contribution is -2.17. The molecule has 0 saturated carbocycles. The summed E-state index contributed by atoms with van der Waals surface area (Å²) in [6, 6.07) is 0. The molecule has 0 saturated heterocycles. The summed E-state index contributed by atoms with van der Waals surface area (Å²) in [6.07, 6.45) is 0.938. The number of aromatic nitrogens is 2. The highest BCUT2D eigenvalue weighted by atomic mass is 32.2. The van der Waals surface area contributed by atoms with E-state index in [1.165, 1.54) is 0 Å². The Hall–Kier alpha value is -1.14. The van der Waals surface area contributed by atoms with Crippen LogP contribution in [0.2, 0.25) is 0 Å². The van der Waals surface area contributed by atoms with Crippen LogP contribution in [-0.4, -0.2) is 35.5 Å². The first kappa shape index (κ1) is 13.9. The predicted octanol–water partition coefficient (Wildman–Crippen LogP) is 1.51. The van der Waals surface area contributed by atoms with Crippen molar-refractivity contribution in [3.05, 3.63) is 16.8 Å². The van der Waals surface area contributed by atoms with Crippen LogP contribution in [0.15, 0.2) is 5.03 Å². The van der Waals surface area contributed by atoms with E-state index in [2.05, 4.69) is 10.2 Å². The van der Waals surface area contributed by atoms with Gasteiger partial charge in [-0.2, -0.15) is 5.10 Å². The second-order valence-electron chi connectivity index (χ2n) is 3.70. The van der Waals surface area contributed by atoms with Crippen LogP contribution in [0.3, 0.4) is 0 Å². The molecule has 0 aliphatic carbocycles. The van der Waals surface area contributed by atoms with E-state index >= 15 is 0 Å². The quantitative estimate of drug-likeness (QED) is 0.348. The molecule has 0 aliphatic heterocycles. The third-order valence-corrected chi connectivity index (χ3v) is 3.48. The van der Waals surface area contributed by atoms with Gasteiger partial charge in [-0.3, -0.25) is 5.41 Å². The number of amidine groups is 1. The maximum Gasteiger partial charge on any atom is 0.130 e. The molecule has 3 N–H and O–H groups in total. The maximum absolute atomic E-state index is 7.60. The van der Waals surface area contributed by atoms with Gasteiger partial charge in [0.25, 0.3) is 0 Å². The fourth-order valence-electron chi connectivity index (χ4n) is 1.38. The van der Waals surface area contributed by atoms with Gasteiger partial charge in [0.2, 0.25) is 0 Å². The SMILES string of the molecule is COCCCSc1nnc(C)c(C)c1C(=N)N. The van der Waals surface area contributed by atoms with E-state index in [0.29, 0.717) is 5.56 Å². The predicted molar refractivity (Wildman–Crippen MR) is 69.7 cm³/mol. The normalized spacial score (nSPS) is 10.5. The minimum atomic E-state index is 0.0507. The van der Waals surface area contributed by atoms with Crippen LogP contribution in [0.25, 0.3) is 0 Å². The van der Waals surface area contributed by atoms with Crippen LogP contribution in [0, 0.1) is 19.3 Å². The number of ether oxygens (including phenoxy) is 1. The summed E-state index contributed by atoms with van der Waals surface area (Å²) in [4.78, 5) is 0. The first-order valence-electron chi connectivity index (χ1n) is 5.38. The van der Waals surface area contributed by atoms with Crippen molar-refractivity contribution in [3.8, 4) is 0 Å². The molecule has 0 amide bonds. The third kappa shape index (κ3) is 3.67. The van der Waals surface area contributed by atoms with Gasteiger partial charge in [0, 0.05) is 19.5 Å². The second-order valence-corrected chi connectivity index (χ2v) is 4.78. The standard InChI is InChI=1S/C11H18N4OS/c1-7-8(2)14-15-11(9(7)10(12)13)17-6-4-5-16-3/h4-6H2,1-3H3,(H3,12,13). The van der Waals surface area contributed by atoms with Crippen molar-refractivity contribution in [2.75, 3.05) is 19.5 Å². The average molecular weight is 254 g/mol. The molecule has 0 atom stereocenters. The number of nitrogens with zero attached hydrogens (tertiary/aromatic N) is 2. The number of hydrogen-bond acceptors (Lipinski definition) is 5. The molecule has 0 unspecified atom stereocenters. The van der Waals surface area contributed by atoms with E-state index in [1.54, 1.807) is 18.9 Å². The average Bonchev–Trinajstić information content (AvgIpc) is 2.28. The van der Waals surface area contributed by atoms with Crippen LogP contribution in [-0.2, 0) is 4.74 Å². The fraction of sp³-hybridized carbons (Fsp3) is 0.545. The summed E-state index contributed by atoms with van der Waals surface area (Å²) in [7, 11) is 1.68. The number of aryl methyl sites for hydroxylation is 1. The summed E-state index contributed by atoms with van der Waals surface area (Å²) >= 11 is 1.56. The summed E-state index contributed by atoms with van der Waals surface area (Å²) in [5.74, 6) is 0.931. The van der Waals surface area contributed by atoms with Crippen molar-refractivity contribution >= 4 is 17.6 Å². The van der Waals surface area contributed by atoms with E-state index in [1.807, 2.05) is 13.8 Å². The molecule has 0 spiro atoms. The van der Waals surface area contributed by atoms with Gasteiger partial charge >= 0.3 is 0 Å². The van der Waals surface area contributed by atoms with E-state index in [-0.39, 0.29) is 5.84 Å². The Kier molecular flexibility index (Phi) is 5.37. The number of nitrogens with one attached hydrogen (secondary N) is 1. The Morgan fingerprint density at radius 2 is 2.12 bits per heavy atom. The molecule has 0 aromatic carbocycles. The Morgan fingerprint density at radius 1 is 1.41 bits per heavy atom. The van der Waals surface area contributed by atoms with Crippen LogP contribution < -0.4 is 5.73 Å². The van der Waals surface area contributed by atoms with Crippen LogP contribution >= 0.6 is 11.8 Å². The first-order chi connectivity index (χ1) is 8.07. The number of nitrogen functional groups attached to an aromatic ring is 1. The Labute approximate surface area is 106 Å². The largest absolute Gasteiger partial charge is 0.385 e. The van der Waals surface area contributed by atoms with Gasteiger partial charge in [-0.25, -0.2) is 0 Å². The lowest BCUT2D eigenvalue weighted by Gasteiger charge is -2.10. The maximum atomic E-state index is 7.60. The van der Waals surface area contributed by atoms with Gasteiger partial charge in [-0.15, -0.1) is 16.9 Å². The fourth-order valence-corrected chi connectivity index (χ4v) is 2.34. The van der Waals surface area contributed by atoms with Crippen molar-refractivity contribution in [3.63, 3.8) is 0 Å². The summed E-state index contributed by atoms with van der Waals surface area (Å²) < 4.78 is 4.98. The number of hydrogen-bond donors (Lipinski definition) is 2. The van der Waals surface area contributed by atoms with E-state index in [9.17, 15) is 0 Å². The zero-order valence-corrected chi connectivity index (χ0v) is 11.2. The van der Waals surface area contributed by atoms with Crippen molar-refractivity contribution in [1.82, 2.24) is 10.2 Å². The van der Waals surface area contributed by atoms with Crippen LogP contribution in [0.5, 0.6) is 0 Å². The summed E-state index contributed by atoms with van der Waals surface area (Å²) in [5, 5.41) is 16.5. The van der Waals surface area contributed by atoms with E-state index < -0.39 is 0 Å². The summed E-state index contributed by atoms with van der Waals surface area (Å²) in [5.41, 5.74) is 8.05. The lowest BCUT2D eigenvalue weighted by molar-refractivity contribution is 0.200. The molecule has 0 fully saturated rings. The van der Waals surface area contributed by atoms with Crippen LogP contribution in [0.1, 0.15) is 23.2 Å². The molecule has 1 rings (SSSR count). The molecule has 5 nitrogen and oxygen atoms in total. The lowest BCUT2D eigenvalue weighted by atomic mass is 10.1. The molecular formula is C11H18N4OS. The minimum absolute atomic E-state index is 0.0507. The molecule has 6 heteroatoms. The zero-order valence-electron chi connectivity index (χ0n) is 10.4. The molecule has 0 radical (unpaired) electrons. The highest BCUT2D eigenvalue weighted by molar-refractivity contribution is 7.99. The first-order valence-corrected chi connectivity index (χ1v) is 6.36. The monoisotopic (exact) mass is 254 g/mol. The number of thioether (sulfide) groups is 1. The van der Waals surface area contributed by atoms with Crippen LogP contribution in [0.4, 0.5) is 0 Å². The van der Waals surface area contributed by atoms with Crippen molar-refractivity contribution in [1.29, 1.82) is 5.41 Å². The molecular weight excluding hydrogens is 236 g/mol. The number of rotatable bonds is 6.